The van der Waals surface area contributed by atoms with Crippen molar-refractivity contribution in [3.63, 3.8) is 0 Å². The average Bonchev–Trinajstić information content (AvgIpc) is 3.55. The summed E-state index contributed by atoms with van der Waals surface area (Å²) in [6, 6.07) is 4.71. The fraction of sp³-hybridized carbons (Fsp3) is 0.571. The van der Waals surface area contributed by atoms with Crippen LogP contribution in [0.3, 0.4) is 0 Å². The lowest BCUT2D eigenvalue weighted by Crippen LogP contribution is -2.34. The number of carbonyl (C=O) groups excluding carboxylic acids is 2. The summed E-state index contributed by atoms with van der Waals surface area (Å²) in [5.41, 5.74) is 0.942. The maximum atomic E-state index is 14.9. The van der Waals surface area contributed by atoms with Gasteiger partial charge in [0.25, 0.3) is 0 Å². The molecular weight excluding hydrogens is 457 g/mol. The van der Waals surface area contributed by atoms with Gasteiger partial charge in [0.05, 0.1) is 40.6 Å². The molecule has 11 heteroatoms. The van der Waals surface area contributed by atoms with E-state index in [0.717, 1.165) is 17.8 Å². The molecule has 1 atom stereocenters. The second-order valence-electron chi connectivity index (χ2n) is 8.36. The predicted octanol–water partition coefficient (Wildman–Crippen LogP) is 3.59. The number of thiocarbonyl (C=S) groups is 1. The number of benzene rings is 1. The van der Waals surface area contributed by atoms with Crippen LogP contribution in [0.1, 0.15) is 37.2 Å². The van der Waals surface area contributed by atoms with Gasteiger partial charge >= 0.3 is 12.2 Å². The molecule has 0 radical (unpaired) electrons. The van der Waals surface area contributed by atoms with Gasteiger partial charge in [0.15, 0.2) is 0 Å². The van der Waals surface area contributed by atoms with Crippen molar-refractivity contribution in [1.82, 2.24) is 5.32 Å². The van der Waals surface area contributed by atoms with Crippen molar-refractivity contribution in [3.8, 4) is 0 Å². The SMILES string of the molecule is COC(=O)N=S1(=O)CCC(c2ccc(N3C[C@H](CNC(=S)C4CC4)OC3=O)cc2F)CC1. The quantitative estimate of drug-likeness (QED) is 0.639. The van der Waals surface area contributed by atoms with Crippen LogP contribution < -0.4 is 10.2 Å². The Balaban J connectivity index is 1.38. The van der Waals surface area contributed by atoms with Gasteiger partial charge in [-0.05, 0) is 49.3 Å². The van der Waals surface area contributed by atoms with Crippen LogP contribution in [0.2, 0.25) is 0 Å². The van der Waals surface area contributed by atoms with Gasteiger partial charge in [-0.15, -0.1) is 4.36 Å². The molecule has 1 saturated carbocycles. The van der Waals surface area contributed by atoms with E-state index in [1.807, 2.05) is 0 Å². The zero-order chi connectivity index (χ0) is 22.9. The molecule has 3 aliphatic rings. The fourth-order valence-electron chi connectivity index (χ4n) is 4.03. The van der Waals surface area contributed by atoms with Crippen LogP contribution in [-0.2, 0) is 19.2 Å². The van der Waals surface area contributed by atoms with Crippen molar-refractivity contribution in [3.05, 3.63) is 29.6 Å². The number of hydrogen-bond donors (Lipinski definition) is 1. The first-order valence-electron chi connectivity index (χ1n) is 10.6. The molecule has 0 aromatic heterocycles. The van der Waals surface area contributed by atoms with Crippen LogP contribution in [0.15, 0.2) is 22.6 Å². The highest BCUT2D eigenvalue weighted by Crippen LogP contribution is 2.34. The number of nitrogens with zero attached hydrogens (tertiary/aromatic N) is 2. The second-order valence-corrected chi connectivity index (χ2v) is 11.3. The summed E-state index contributed by atoms with van der Waals surface area (Å²) in [6.45, 7) is 0.758. The summed E-state index contributed by atoms with van der Waals surface area (Å²) in [7, 11) is -1.47. The third-order valence-electron chi connectivity index (χ3n) is 6.05. The number of ether oxygens (including phenoxy) is 2. The summed E-state index contributed by atoms with van der Waals surface area (Å²) in [5.74, 6) is 0.322. The normalized spacial score (nSPS) is 27.6. The van der Waals surface area contributed by atoms with Gasteiger partial charge < -0.3 is 14.8 Å². The maximum Gasteiger partial charge on any atom is 0.441 e. The zero-order valence-electron chi connectivity index (χ0n) is 17.8. The van der Waals surface area contributed by atoms with Gasteiger partial charge in [0.2, 0.25) is 0 Å². The Hall–Kier alpha value is -2.27. The molecule has 0 bridgehead atoms. The first kappa shape index (κ1) is 22.9. The Morgan fingerprint density at radius 3 is 2.69 bits per heavy atom. The second kappa shape index (κ2) is 9.30. The van der Waals surface area contributed by atoms with Gasteiger partial charge in [-0.1, -0.05) is 18.3 Å². The standard InChI is InChI=1S/C21H26FN3O5S2/c1-29-20(26)24-32(28)8-6-13(7-9-32)17-5-4-15(10-18(17)22)25-12-16(30-21(25)27)11-23-19(31)14-2-3-14/h4-5,10,13-14,16H,2-3,6-9,11-12H2,1H3,(H,23,31)/t13?,16-,32?/m0/s1. The molecule has 174 valence electrons. The summed E-state index contributed by atoms with van der Waals surface area (Å²) in [4.78, 5) is 25.9. The van der Waals surface area contributed by atoms with E-state index in [1.165, 1.54) is 18.1 Å². The number of amides is 2. The largest absolute Gasteiger partial charge is 0.451 e. The van der Waals surface area contributed by atoms with Crippen LogP contribution >= 0.6 is 12.2 Å². The number of anilines is 1. The van der Waals surface area contributed by atoms with E-state index < -0.39 is 27.7 Å². The molecule has 3 fully saturated rings. The molecule has 1 aromatic rings. The van der Waals surface area contributed by atoms with Crippen molar-refractivity contribution in [2.45, 2.75) is 37.7 Å². The van der Waals surface area contributed by atoms with Crippen molar-refractivity contribution >= 4 is 44.8 Å². The van der Waals surface area contributed by atoms with Crippen LogP contribution in [0.25, 0.3) is 0 Å². The van der Waals surface area contributed by atoms with E-state index in [4.69, 9.17) is 17.0 Å². The number of rotatable bonds is 5. The molecule has 1 aliphatic carbocycles. The fourth-order valence-corrected chi connectivity index (χ4v) is 6.39. The first-order valence-corrected chi connectivity index (χ1v) is 12.9. The third-order valence-corrected chi connectivity index (χ3v) is 8.75. The summed E-state index contributed by atoms with van der Waals surface area (Å²) < 4.78 is 41.1. The van der Waals surface area contributed by atoms with E-state index in [9.17, 15) is 18.2 Å². The molecule has 2 heterocycles. The van der Waals surface area contributed by atoms with E-state index in [2.05, 4.69) is 14.4 Å². The molecule has 2 amide bonds. The van der Waals surface area contributed by atoms with Crippen molar-refractivity contribution in [2.24, 2.45) is 10.3 Å². The molecule has 2 saturated heterocycles. The molecular formula is C21H26FN3O5S2. The zero-order valence-corrected chi connectivity index (χ0v) is 19.4. The number of carbonyl (C=O) groups is 2. The third kappa shape index (κ3) is 5.20. The lowest BCUT2D eigenvalue weighted by atomic mass is 9.93. The number of cyclic esters (lactones) is 1. The van der Waals surface area contributed by atoms with Crippen LogP contribution in [0.5, 0.6) is 0 Å². The lowest BCUT2D eigenvalue weighted by molar-refractivity contribution is 0.143. The van der Waals surface area contributed by atoms with E-state index in [-0.39, 0.29) is 23.5 Å². The lowest BCUT2D eigenvalue weighted by Gasteiger charge is -2.25. The number of nitrogens with one attached hydrogen (secondary N) is 1. The van der Waals surface area contributed by atoms with Crippen molar-refractivity contribution < 1.29 is 27.7 Å². The van der Waals surface area contributed by atoms with Gasteiger partial charge in [-0.2, -0.15) is 0 Å². The van der Waals surface area contributed by atoms with Crippen LogP contribution in [-0.4, -0.2) is 59.2 Å². The van der Waals surface area contributed by atoms with Gasteiger partial charge in [0, 0.05) is 17.4 Å². The van der Waals surface area contributed by atoms with E-state index >= 15 is 0 Å². The van der Waals surface area contributed by atoms with Gasteiger partial charge in [-0.3, -0.25) is 4.90 Å². The van der Waals surface area contributed by atoms with E-state index in [0.29, 0.717) is 43.1 Å². The topological polar surface area (TPSA) is 97.3 Å². The number of hydrogen-bond acceptors (Lipinski definition) is 6. The highest BCUT2D eigenvalue weighted by Gasteiger charge is 2.34. The highest BCUT2D eigenvalue weighted by molar-refractivity contribution is 7.93. The average molecular weight is 484 g/mol. The first-order chi connectivity index (χ1) is 15.3. The molecule has 8 nitrogen and oxygen atoms in total. The number of halogens is 1. The molecule has 2 aliphatic heterocycles. The van der Waals surface area contributed by atoms with Crippen molar-refractivity contribution in [2.75, 3.05) is 36.6 Å². The Kier molecular flexibility index (Phi) is 6.66. The van der Waals surface area contributed by atoms with Crippen LogP contribution in [0, 0.1) is 11.7 Å². The van der Waals surface area contributed by atoms with Gasteiger partial charge in [0.1, 0.15) is 11.9 Å². The summed E-state index contributed by atoms with van der Waals surface area (Å²) in [5, 5.41) is 3.16. The minimum absolute atomic E-state index is 0.127. The maximum absolute atomic E-state index is 14.9. The van der Waals surface area contributed by atoms with E-state index in [1.54, 1.807) is 12.1 Å². The minimum atomic E-state index is -2.66. The predicted molar refractivity (Wildman–Crippen MR) is 122 cm³/mol. The molecule has 32 heavy (non-hydrogen) atoms. The monoisotopic (exact) mass is 483 g/mol. The summed E-state index contributed by atoms with van der Waals surface area (Å²) >= 11 is 5.30. The molecule has 0 unspecified atom stereocenters. The Morgan fingerprint density at radius 2 is 2.06 bits per heavy atom. The smallest absolute Gasteiger partial charge is 0.441 e. The molecule has 4 rings (SSSR count). The van der Waals surface area contributed by atoms with Gasteiger partial charge in [-0.25, -0.2) is 18.2 Å². The van der Waals surface area contributed by atoms with Crippen LogP contribution in [0.4, 0.5) is 19.7 Å². The van der Waals surface area contributed by atoms with Crippen molar-refractivity contribution in [1.29, 1.82) is 0 Å². The Morgan fingerprint density at radius 1 is 1.34 bits per heavy atom. The highest BCUT2D eigenvalue weighted by atomic mass is 32.2. The summed E-state index contributed by atoms with van der Waals surface area (Å²) in [6.07, 6.45) is 1.41. The minimum Gasteiger partial charge on any atom is -0.451 e. The molecule has 0 spiro atoms. The molecule has 1 aromatic carbocycles. The molecule has 1 N–H and O–H groups in total. The Labute approximate surface area is 192 Å². The number of methoxy groups -OCH3 is 1. The Bertz CT molecular complexity index is 1040.